The second kappa shape index (κ2) is 7.42. The molecule has 0 aromatic heterocycles. The Labute approximate surface area is 121 Å². The molecule has 0 aliphatic rings. The Hall–Kier alpha value is -1.60. The van der Waals surface area contributed by atoms with Gasteiger partial charge >= 0.3 is 7.60 Å². The number of aliphatic hydroxyl groups excluding tert-OH is 1. The Balaban J connectivity index is 3.12. The Kier molecular flexibility index (Phi) is 6.17. The fourth-order valence-electron chi connectivity index (χ4n) is 1.87. The van der Waals surface area contributed by atoms with Gasteiger partial charge in [0.15, 0.2) is 11.5 Å². The number of methoxy groups -OCH3 is 2. The van der Waals surface area contributed by atoms with Crippen molar-refractivity contribution in [2.24, 2.45) is 0 Å². The van der Waals surface area contributed by atoms with Crippen molar-refractivity contribution in [2.75, 3.05) is 21.0 Å². The summed E-state index contributed by atoms with van der Waals surface area (Å²) in [4.78, 5) is 29.9. The number of benzene rings is 1. The molecule has 0 radical (unpaired) electrons. The van der Waals surface area contributed by atoms with Crippen LogP contribution in [0.3, 0.4) is 0 Å². The van der Waals surface area contributed by atoms with Crippen molar-refractivity contribution in [1.29, 1.82) is 0 Å². The number of ether oxygens (including phenoxy) is 2. The van der Waals surface area contributed by atoms with Crippen LogP contribution in [0.2, 0.25) is 0 Å². The zero-order chi connectivity index (χ0) is 16.0. The Bertz CT molecular complexity index is 555. The van der Waals surface area contributed by atoms with Crippen LogP contribution in [0.15, 0.2) is 12.1 Å². The summed E-state index contributed by atoms with van der Waals surface area (Å²) in [6.45, 7) is -0.448. The van der Waals surface area contributed by atoms with Gasteiger partial charge in [-0.3, -0.25) is 9.36 Å². The predicted octanol–water partition coefficient (Wildman–Crippen LogP) is -0.495. The standard InChI is InChI=1S/C12H18NO7P/c1-19-11-8(4-6-10(15)13-7-14)3-5-9(12(11)20-2)21(16,17)18/h3,5,14H,4,6-7H2,1-2H3,(H,13,15)(H2,16,17,18). The van der Waals surface area contributed by atoms with E-state index >= 15 is 0 Å². The molecule has 0 atom stereocenters. The first-order chi connectivity index (χ1) is 9.85. The van der Waals surface area contributed by atoms with Crippen molar-refractivity contribution < 1.29 is 33.7 Å². The number of amides is 1. The van der Waals surface area contributed by atoms with E-state index < -0.39 is 14.3 Å². The highest BCUT2D eigenvalue weighted by molar-refractivity contribution is 7.60. The summed E-state index contributed by atoms with van der Waals surface area (Å²) in [5.41, 5.74) is 0.569. The molecule has 8 nitrogen and oxygen atoms in total. The van der Waals surface area contributed by atoms with E-state index in [1.165, 1.54) is 26.4 Å². The summed E-state index contributed by atoms with van der Waals surface area (Å²) in [5, 5.41) is 10.5. The Morgan fingerprint density at radius 2 is 1.86 bits per heavy atom. The lowest BCUT2D eigenvalue weighted by Gasteiger charge is -2.17. The SMILES string of the molecule is COc1c(CCC(=O)NCO)ccc(P(=O)(O)O)c1OC. The maximum Gasteiger partial charge on any atom is 0.360 e. The fourth-order valence-corrected chi connectivity index (χ4v) is 2.59. The molecule has 0 aliphatic heterocycles. The lowest BCUT2D eigenvalue weighted by atomic mass is 10.1. The van der Waals surface area contributed by atoms with Crippen LogP contribution < -0.4 is 20.1 Å². The molecule has 0 aliphatic carbocycles. The first-order valence-electron chi connectivity index (χ1n) is 6.02. The number of aliphatic hydroxyl groups is 1. The molecule has 118 valence electrons. The average molecular weight is 319 g/mol. The minimum atomic E-state index is -4.50. The van der Waals surface area contributed by atoms with Gasteiger partial charge in [-0.25, -0.2) is 0 Å². The van der Waals surface area contributed by atoms with Crippen molar-refractivity contribution in [3.63, 3.8) is 0 Å². The molecule has 0 unspecified atom stereocenters. The number of nitrogens with one attached hydrogen (secondary N) is 1. The number of rotatable bonds is 7. The molecule has 0 saturated carbocycles. The minimum Gasteiger partial charge on any atom is -0.493 e. The normalized spacial score (nSPS) is 11.1. The van der Waals surface area contributed by atoms with Crippen LogP contribution in [0.1, 0.15) is 12.0 Å². The van der Waals surface area contributed by atoms with Crippen molar-refractivity contribution in [1.82, 2.24) is 5.32 Å². The molecule has 0 heterocycles. The largest absolute Gasteiger partial charge is 0.493 e. The zero-order valence-electron chi connectivity index (χ0n) is 11.7. The molecule has 9 heteroatoms. The summed E-state index contributed by atoms with van der Waals surface area (Å²) in [5.74, 6) is -0.224. The lowest BCUT2D eigenvalue weighted by molar-refractivity contribution is -0.122. The molecule has 0 fully saturated rings. The molecule has 0 spiro atoms. The van der Waals surface area contributed by atoms with E-state index in [1.807, 2.05) is 0 Å². The van der Waals surface area contributed by atoms with Gasteiger partial charge in [0.05, 0.1) is 14.2 Å². The average Bonchev–Trinajstić information content (AvgIpc) is 2.43. The number of hydrogen-bond donors (Lipinski definition) is 4. The van der Waals surface area contributed by atoms with Gasteiger partial charge in [-0.05, 0) is 18.1 Å². The van der Waals surface area contributed by atoms with Gasteiger partial charge in [-0.15, -0.1) is 0 Å². The predicted molar refractivity (Wildman–Crippen MR) is 74.8 cm³/mol. The fraction of sp³-hybridized carbons (Fsp3) is 0.417. The van der Waals surface area contributed by atoms with Gasteiger partial charge in [-0.1, -0.05) is 6.07 Å². The number of carbonyl (C=O) groups excluding carboxylic acids is 1. The summed E-state index contributed by atoms with van der Waals surface area (Å²) in [6, 6.07) is 2.73. The quantitative estimate of drug-likeness (QED) is 0.394. The van der Waals surface area contributed by atoms with Gasteiger partial charge < -0.3 is 29.7 Å². The topological polar surface area (TPSA) is 125 Å². The molecule has 1 aromatic carbocycles. The van der Waals surface area contributed by atoms with Gasteiger partial charge in [0.25, 0.3) is 0 Å². The second-order valence-corrected chi connectivity index (χ2v) is 5.68. The maximum atomic E-state index is 11.4. The van der Waals surface area contributed by atoms with Crippen LogP contribution in [-0.4, -0.2) is 41.8 Å². The second-order valence-electron chi connectivity index (χ2n) is 4.11. The third-order valence-electron chi connectivity index (χ3n) is 2.79. The van der Waals surface area contributed by atoms with Gasteiger partial charge in [0, 0.05) is 6.42 Å². The summed E-state index contributed by atoms with van der Waals surface area (Å²) in [7, 11) is -1.88. The molecular formula is C12H18NO7P. The molecule has 0 bridgehead atoms. The highest BCUT2D eigenvalue weighted by atomic mass is 31.2. The molecule has 4 N–H and O–H groups in total. The van der Waals surface area contributed by atoms with Crippen molar-refractivity contribution >= 4 is 18.8 Å². The summed E-state index contributed by atoms with van der Waals surface area (Å²) in [6.07, 6.45) is 0.363. The van der Waals surface area contributed by atoms with Crippen molar-refractivity contribution in [3.8, 4) is 11.5 Å². The van der Waals surface area contributed by atoms with Gasteiger partial charge in [-0.2, -0.15) is 0 Å². The Morgan fingerprint density at radius 3 is 2.33 bits per heavy atom. The van der Waals surface area contributed by atoms with Crippen LogP contribution in [0.5, 0.6) is 11.5 Å². The molecule has 1 rings (SSSR count). The highest BCUT2D eigenvalue weighted by Gasteiger charge is 2.27. The molecule has 1 aromatic rings. The first kappa shape index (κ1) is 17.5. The van der Waals surface area contributed by atoms with E-state index in [9.17, 15) is 19.1 Å². The lowest BCUT2D eigenvalue weighted by Crippen LogP contribution is -2.24. The maximum absolute atomic E-state index is 11.4. The van der Waals surface area contributed by atoms with Crippen LogP contribution in [0, 0.1) is 0 Å². The third-order valence-corrected chi connectivity index (χ3v) is 3.77. The molecule has 1 amide bonds. The zero-order valence-corrected chi connectivity index (χ0v) is 12.6. The number of aryl methyl sites for hydroxylation is 1. The van der Waals surface area contributed by atoms with E-state index in [1.54, 1.807) is 0 Å². The van der Waals surface area contributed by atoms with Gasteiger partial charge in [0.2, 0.25) is 5.91 Å². The van der Waals surface area contributed by atoms with E-state index in [4.69, 9.17) is 14.6 Å². The van der Waals surface area contributed by atoms with E-state index in [-0.39, 0.29) is 35.6 Å². The van der Waals surface area contributed by atoms with E-state index in [2.05, 4.69) is 5.32 Å². The minimum absolute atomic E-state index is 0.0501. The number of hydrogen-bond acceptors (Lipinski definition) is 5. The van der Waals surface area contributed by atoms with E-state index in [0.29, 0.717) is 5.56 Å². The third kappa shape index (κ3) is 4.44. The van der Waals surface area contributed by atoms with E-state index in [0.717, 1.165) is 0 Å². The molecule has 0 saturated heterocycles. The Morgan fingerprint density at radius 1 is 1.24 bits per heavy atom. The van der Waals surface area contributed by atoms with Crippen LogP contribution >= 0.6 is 7.60 Å². The first-order valence-corrected chi connectivity index (χ1v) is 7.63. The monoisotopic (exact) mass is 319 g/mol. The van der Waals surface area contributed by atoms with Crippen molar-refractivity contribution in [2.45, 2.75) is 12.8 Å². The van der Waals surface area contributed by atoms with Crippen LogP contribution in [0.25, 0.3) is 0 Å². The molecular weight excluding hydrogens is 301 g/mol. The van der Waals surface area contributed by atoms with Gasteiger partial charge in [0.1, 0.15) is 12.0 Å². The summed E-state index contributed by atoms with van der Waals surface area (Å²) < 4.78 is 21.6. The summed E-state index contributed by atoms with van der Waals surface area (Å²) >= 11 is 0. The van der Waals surface area contributed by atoms with Crippen molar-refractivity contribution in [3.05, 3.63) is 17.7 Å². The van der Waals surface area contributed by atoms with Crippen LogP contribution in [-0.2, 0) is 15.8 Å². The smallest absolute Gasteiger partial charge is 0.360 e. The number of carbonyl (C=O) groups is 1. The molecule has 21 heavy (non-hydrogen) atoms. The highest BCUT2D eigenvalue weighted by Crippen LogP contribution is 2.42. The van der Waals surface area contributed by atoms with Crippen LogP contribution in [0.4, 0.5) is 0 Å².